The lowest BCUT2D eigenvalue weighted by Crippen LogP contribution is -2.38. The third-order valence-electron chi connectivity index (χ3n) is 5.33. The van der Waals surface area contributed by atoms with Gasteiger partial charge in [-0.2, -0.15) is 9.61 Å². The molecule has 0 radical (unpaired) electrons. The maximum absolute atomic E-state index is 12.5. The summed E-state index contributed by atoms with van der Waals surface area (Å²) in [6.45, 7) is 1.41. The van der Waals surface area contributed by atoms with E-state index in [0.29, 0.717) is 24.7 Å². The monoisotopic (exact) mass is 348 g/mol. The van der Waals surface area contributed by atoms with Crippen molar-refractivity contribution in [3.63, 3.8) is 0 Å². The molecule has 1 saturated carbocycles. The Morgan fingerprint density at radius 1 is 0.962 bits per heavy atom. The molecule has 0 spiro atoms. The summed E-state index contributed by atoms with van der Waals surface area (Å²) in [5.41, 5.74) is 2.45. The molecule has 0 aromatic carbocycles. The summed E-state index contributed by atoms with van der Waals surface area (Å²) in [7, 11) is 0. The number of likely N-dealkylation sites (tertiary alicyclic amines) is 1. The lowest BCUT2D eigenvalue weighted by molar-refractivity contribution is 0.0704. The van der Waals surface area contributed by atoms with Gasteiger partial charge in [0.15, 0.2) is 11.5 Å². The molecule has 7 heteroatoms. The molecule has 4 heterocycles. The van der Waals surface area contributed by atoms with E-state index in [-0.39, 0.29) is 11.8 Å². The van der Waals surface area contributed by atoms with E-state index < -0.39 is 0 Å². The molecule has 1 aliphatic heterocycles. The van der Waals surface area contributed by atoms with Gasteiger partial charge in [-0.05, 0) is 49.9 Å². The highest BCUT2D eigenvalue weighted by molar-refractivity contribution is 5.92. The molecular weight excluding hydrogens is 328 g/mol. The third kappa shape index (κ3) is 2.73. The SMILES string of the molecule is O=C(c1ccccn1)N1CCC(c2nnc3ccc(C4CC4)nn23)CC1. The Labute approximate surface area is 151 Å². The van der Waals surface area contributed by atoms with Gasteiger partial charge in [-0.15, -0.1) is 10.2 Å². The maximum atomic E-state index is 12.5. The van der Waals surface area contributed by atoms with Crippen LogP contribution < -0.4 is 0 Å². The minimum Gasteiger partial charge on any atom is -0.337 e. The van der Waals surface area contributed by atoms with Gasteiger partial charge in [-0.1, -0.05) is 6.07 Å². The van der Waals surface area contributed by atoms with Crippen LogP contribution in [0.15, 0.2) is 36.5 Å². The molecular formula is C19H20N6O. The average molecular weight is 348 g/mol. The van der Waals surface area contributed by atoms with Crippen molar-refractivity contribution in [2.75, 3.05) is 13.1 Å². The Kier molecular flexibility index (Phi) is 3.65. The van der Waals surface area contributed by atoms with Crippen molar-refractivity contribution in [1.82, 2.24) is 29.7 Å². The summed E-state index contributed by atoms with van der Waals surface area (Å²) in [4.78, 5) is 18.6. The molecule has 2 fully saturated rings. The van der Waals surface area contributed by atoms with E-state index in [9.17, 15) is 4.79 Å². The zero-order valence-corrected chi connectivity index (χ0v) is 14.5. The van der Waals surface area contributed by atoms with Crippen molar-refractivity contribution in [3.05, 3.63) is 53.7 Å². The quantitative estimate of drug-likeness (QED) is 0.726. The molecule has 2 aliphatic rings. The molecule has 1 saturated heterocycles. The molecule has 26 heavy (non-hydrogen) atoms. The predicted molar refractivity (Wildman–Crippen MR) is 94.9 cm³/mol. The Morgan fingerprint density at radius 2 is 1.81 bits per heavy atom. The van der Waals surface area contributed by atoms with Gasteiger partial charge in [0.1, 0.15) is 5.69 Å². The topological polar surface area (TPSA) is 76.3 Å². The number of carbonyl (C=O) groups excluding carboxylic acids is 1. The Balaban J connectivity index is 1.33. The van der Waals surface area contributed by atoms with Crippen LogP contribution in [0.2, 0.25) is 0 Å². The molecule has 0 unspecified atom stereocenters. The number of aromatic nitrogens is 5. The normalized spacial score (nSPS) is 18.4. The highest BCUT2D eigenvalue weighted by atomic mass is 16.2. The molecule has 3 aromatic heterocycles. The highest BCUT2D eigenvalue weighted by Gasteiger charge is 2.29. The van der Waals surface area contributed by atoms with Crippen LogP contribution in [0, 0.1) is 0 Å². The lowest BCUT2D eigenvalue weighted by atomic mass is 9.96. The summed E-state index contributed by atoms with van der Waals surface area (Å²) in [5, 5.41) is 13.5. The van der Waals surface area contributed by atoms with Gasteiger partial charge < -0.3 is 4.90 Å². The van der Waals surface area contributed by atoms with Crippen molar-refractivity contribution < 1.29 is 4.79 Å². The van der Waals surface area contributed by atoms with E-state index in [2.05, 4.69) is 21.2 Å². The van der Waals surface area contributed by atoms with Crippen LogP contribution in [0.4, 0.5) is 0 Å². The van der Waals surface area contributed by atoms with E-state index in [1.807, 2.05) is 27.6 Å². The summed E-state index contributed by atoms with van der Waals surface area (Å²) >= 11 is 0. The smallest absolute Gasteiger partial charge is 0.272 e. The van der Waals surface area contributed by atoms with Gasteiger partial charge >= 0.3 is 0 Å². The van der Waals surface area contributed by atoms with E-state index >= 15 is 0 Å². The van der Waals surface area contributed by atoms with Crippen LogP contribution in [-0.2, 0) is 0 Å². The first-order chi connectivity index (χ1) is 12.8. The van der Waals surface area contributed by atoms with Crippen LogP contribution in [0.5, 0.6) is 0 Å². The van der Waals surface area contributed by atoms with Gasteiger partial charge in [0.25, 0.3) is 5.91 Å². The number of piperidine rings is 1. The molecule has 0 N–H and O–H groups in total. The molecule has 0 atom stereocenters. The Bertz CT molecular complexity index is 941. The van der Waals surface area contributed by atoms with Crippen LogP contribution in [-0.4, -0.2) is 48.7 Å². The molecule has 3 aromatic rings. The van der Waals surface area contributed by atoms with Gasteiger partial charge in [-0.3, -0.25) is 9.78 Å². The second kappa shape index (κ2) is 6.16. The molecule has 132 valence electrons. The molecule has 1 amide bonds. The molecule has 0 bridgehead atoms. The number of fused-ring (bicyclic) bond motifs is 1. The number of hydrogen-bond acceptors (Lipinski definition) is 5. The van der Waals surface area contributed by atoms with Crippen molar-refractivity contribution in [1.29, 1.82) is 0 Å². The molecule has 5 rings (SSSR count). The predicted octanol–water partition coefficient (Wildman–Crippen LogP) is 2.42. The second-order valence-electron chi connectivity index (χ2n) is 7.14. The zero-order valence-electron chi connectivity index (χ0n) is 14.5. The fourth-order valence-corrected chi connectivity index (χ4v) is 3.66. The van der Waals surface area contributed by atoms with Crippen LogP contribution in [0.25, 0.3) is 5.65 Å². The number of pyridine rings is 1. The number of carbonyl (C=O) groups is 1. The number of nitrogens with zero attached hydrogens (tertiary/aromatic N) is 6. The fourth-order valence-electron chi connectivity index (χ4n) is 3.66. The van der Waals surface area contributed by atoms with Gasteiger partial charge in [-0.25, -0.2) is 0 Å². The van der Waals surface area contributed by atoms with Crippen LogP contribution in [0.1, 0.15) is 59.5 Å². The van der Waals surface area contributed by atoms with Gasteiger partial charge in [0, 0.05) is 31.1 Å². The largest absolute Gasteiger partial charge is 0.337 e. The second-order valence-corrected chi connectivity index (χ2v) is 7.14. The van der Waals surface area contributed by atoms with Crippen molar-refractivity contribution >= 4 is 11.6 Å². The van der Waals surface area contributed by atoms with Gasteiger partial charge in [0.05, 0.1) is 5.69 Å². The first-order valence-corrected chi connectivity index (χ1v) is 9.22. The minimum atomic E-state index is 0.00398. The fraction of sp³-hybridized carbons (Fsp3) is 0.421. The highest BCUT2D eigenvalue weighted by Crippen LogP contribution is 2.39. The number of amides is 1. The van der Waals surface area contributed by atoms with Crippen molar-refractivity contribution in [3.8, 4) is 0 Å². The van der Waals surface area contributed by atoms with E-state index in [0.717, 1.165) is 30.0 Å². The molecule has 7 nitrogen and oxygen atoms in total. The standard InChI is InChI=1S/C19H20N6O/c26-19(16-3-1-2-10-20-16)24-11-8-14(9-12-24)18-22-21-17-7-6-15(13-4-5-13)23-25(17)18/h1-3,6-7,10,13-14H,4-5,8-9,11-12H2. The Morgan fingerprint density at radius 3 is 2.54 bits per heavy atom. The van der Waals surface area contributed by atoms with Crippen LogP contribution >= 0.6 is 0 Å². The summed E-state index contributed by atoms with van der Waals surface area (Å²) < 4.78 is 1.91. The number of rotatable bonds is 3. The summed E-state index contributed by atoms with van der Waals surface area (Å²) in [6, 6.07) is 9.51. The zero-order chi connectivity index (χ0) is 17.5. The van der Waals surface area contributed by atoms with Crippen LogP contribution in [0.3, 0.4) is 0 Å². The third-order valence-corrected chi connectivity index (χ3v) is 5.33. The summed E-state index contributed by atoms with van der Waals surface area (Å²) in [5.74, 6) is 1.81. The van der Waals surface area contributed by atoms with Gasteiger partial charge in [0.2, 0.25) is 0 Å². The van der Waals surface area contributed by atoms with Crippen molar-refractivity contribution in [2.45, 2.75) is 37.5 Å². The minimum absolute atomic E-state index is 0.00398. The van der Waals surface area contributed by atoms with E-state index in [4.69, 9.17) is 5.10 Å². The first-order valence-electron chi connectivity index (χ1n) is 9.22. The van der Waals surface area contributed by atoms with Crippen molar-refractivity contribution in [2.24, 2.45) is 0 Å². The lowest BCUT2D eigenvalue weighted by Gasteiger charge is -2.30. The van der Waals surface area contributed by atoms with E-state index in [1.54, 1.807) is 12.3 Å². The Hall–Kier alpha value is -2.83. The average Bonchev–Trinajstić information content (AvgIpc) is 3.47. The van der Waals surface area contributed by atoms with E-state index in [1.165, 1.54) is 12.8 Å². The molecule has 1 aliphatic carbocycles. The first kappa shape index (κ1) is 15.4. The number of hydrogen-bond donors (Lipinski definition) is 0. The maximum Gasteiger partial charge on any atom is 0.272 e. The summed E-state index contributed by atoms with van der Waals surface area (Å²) in [6.07, 6.45) is 5.85.